The number of nitrogens with zero attached hydrogens (tertiary/aromatic N) is 1. The predicted octanol–water partition coefficient (Wildman–Crippen LogP) is 3.07. The fourth-order valence-corrected chi connectivity index (χ4v) is 2.07. The summed E-state index contributed by atoms with van der Waals surface area (Å²) in [6, 6.07) is 8.04. The average molecular weight is 332 g/mol. The third-order valence-corrected chi connectivity index (χ3v) is 3.79. The monoisotopic (exact) mass is 332 g/mol. The van der Waals surface area contributed by atoms with E-state index in [0.717, 1.165) is 43.9 Å². The molecule has 0 radical (unpaired) electrons. The number of amides is 1. The van der Waals surface area contributed by atoms with Gasteiger partial charge in [-0.05, 0) is 44.4 Å². The smallest absolute Gasteiger partial charge is 0.251 e. The Balaban J connectivity index is 2.61. The van der Waals surface area contributed by atoms with Crippen LogP contribution in [-0.2, 0) is 6.54 Å². The molecule has 5 nitrogen and oxygen atoms in total. The molecule has 0 aliphatic carbocycles. The van der Waals surface area contributed by atoms with E-state index < -0.39 is 0 Å². The fourth-order valence-electron chi connectivity index (χ4n) is 2.07. The van der Waals surface area contributed by atoms with Crippen LogP contribution in [0.5, 0.6) is 0 Å². The minimum absolute atomic E-state index is 0.00900. The summed E-state index contributed by atoms with van der Waals surface area (Å²) in [5.41, 5.74) is 1.78. The summed E-state index contributed by atoms with van der Waals surface area (Å²) < 4.78 is 0. The second-order valence-corrected chi connectivity index (χ2v) is 5.96. The van der Waals surface area contributed by atoms with Crippen LogP contribution in [0.25, 0.3) is 0 Å². The van der Waals surface area contributed by atoms with Gasteiger partial charge in [-0.3, -0.25) is 4.79 Å². The van der Waals surface area contributed by atoms with Gasteiger partial charge in [0.2, 0.25) is 0 Å². The molecule has 0 saturated carbocycles. The molecule has 1 amide bonds. The summed E-state index contributed by atoms with van der Waals surface area (Å²) in [6.45, 7) is 10.6. The SMILES string of the molecule is CCCCNC(=O)c1ccc(CN=C(NCC)NC(C)CC)cc1. The van der Waals surface area contributed by atoms with Crippen molar-refractivity contribution in [1.29, 1.82) is 0 Å². The van der Waals surface area contributed by atoms with Crippen LogP contribution in [0.2, 0.25) is 0 Å². The minimum atomic E-state index is -0.00900. The summed E-state index contributed by atoms with van der Waals surface area (Å²) in [4.78, 5) is 16.6. The Morgan fingerprint density at radius 2 is 1.83 bits per heavy atom. The maximum atomic E-state index is 12.0. The van der Waals surface area contributed by atoms with Gasteiger partial charge in [0.05, 0.1) is 6.54 Å². The molecule has 1 unspecified atom stereocenters. The van der Waals surface area contributed by atoms with Gasteiger partial charge >= 0.3 is 0 Å². The molecule has 0 bridgehead atoms. The predicted molar refractivity (Wildman–Crippen MR) is 101 cm³/mol. The Morgan fingerprint density at radius 3 is 2.42 bits per heavy atom. The van der Waals surface area contributed by atoms with Crippen LogP contribution < -0.4 is 16.0 Å². The highest BCUT2D eigenvalue weighted by Crippen LogP contribution is 2.06. The number of hydrogen-bond donors (Lipinski definition) is 3. The summed E-state index contributed by atoms with van der Waals surface area (Å²) in [7, 11) is 0. The number of hydrogen-bond acceptors (Lipinski definition) is 2. The molecule has 0 heterocycles. The molecule has 0 saturated heterocycles. The van der Waals surface area contributed by atoms with E-state index in [1.807, 2.05) is 24.3 Å². The third kappa shape index (κ3) is 7.49. The zero-order chi connectivity index (χ0) is 17.8. The van der Waals surface area contributed by atoms with Gasteiger partial charge in [0.25, 0.3) is 5.91 Å². The normalized spacial score (nSPS) is 12.6. The van der Waals surface area contributed by atoms with Crippen molar-refractivity contribution in [1.82, 2.24) is 16.0 Å². The Morgan fingerprint density at radius 1 is 1.12 bits per heavy atom. The van der Waals surface area contributed by atoms with Gasteiger partial charge in [0, 0.05) is 24.7 Å². The Hall–Kier alpha value is -2.04. The van der Waals surface area contributed by atoms with Crippen molar-refractivity contribution < 1.29 is 4.79 Å². The number of benzene rings is 1. The molecule has 5 heteroatoms. The van der Waals surface area contributed by atoms with Crippen LogP contribution in [0.15, 0.2) is 29.3 Å². The first-order valence-corrected chi connectivity index (χ1v) is 9.02. The van der Waals surface area contributed by atoms with Crippen molar-refractivity contribution >= 4 is 11.9 Å². The summed E-state index contributed by atoms with van der Waals surface area (Å²) in [5.74, 6) is 0.818. The highest BCUT2D eigenvalue weighted by molar-refractivity contribution is 5.94. The molecular formula is C19H32N4O. The molecule has 1 rings (SSSR count). The number of aliphatic imine (C=N–C) groups is 1. The molecule has 1 aromatic rings. The number of guanidine groups is 1. The highest BCUT2D eigenvalue weighted by atomic mass is 16.1. The van der Waals surface area contributed by atoms with Crippen LogP contribution in [0.4, 0.5) is 0 Å². The van der Waals surface area contributed by atoms with Gasteiger partial charge in [-0.15, -0.1) is 0 Å². The van der Waals surface area contributed by atoms with E-state index in [1.54, 1.807) is 0 Å². The van der Waals surface area contributed by atoms with Crippen LogP contribution in [0.3, 0.4) is 0 Å². The molecular weight excluding hydrogens is 300 g/mol. The van der Waals surface area contributed by atoms with Gasteiger partial charge < -0.3 is 16.0 Å². The first-order chi connectivity index (χ1) is 11.6. The van der Waals surface area contributed by atoms with Crippen molar-refractivity contribution in [3.8, 4) is 0 Å². The lowest BCUT2D eigenvalue weighted by atomic mass is 10.1. The molecule has 24 heavy (non-hydrogen) atoms. The van der Waals surface area contributed by atoms with Crippen molar-refractivity contribution in [2.24, 2.45) is 4.99 Å². The molecule has 0 fully saturated rings. The Bertz CT molecular complexity index is 511. The molecule has 3 N–H and O–H groups in total. The van der Waals surface area contributed by atoms with Gasteiger partial charge in [-0.2, -0.15) is 0 Å². The summed E-state index contributed by atoms with van der Waals surface area (Å²) in [5, 5.41) is 9.55. The van der Waals surface area contributed by atoms with E-state index in [1.165, 1.54) is 0 Å². The molecule has 0 aliphatic heterocycles. The molecule has 1 aromatic carbocycles. The molecule has 134 valence electrons. The first kappa shape index (κ1) is 20.0. The summed E-state index contributed by atoms with van der Waals surface area (Å²) >= 11 is 0. The van der Waals surface area contributed by atoms with Crippen molar-refractivity contribution in [3.63, 3.8) is 0 Å². The average Bonchev–Trinajstić information content (AvgIpc) is 2.60. The zero-order valence-corrected chi connectivity index (χ0v) is 15.5. The van der Waals surface area contributed by atoms with Gasteiger partial charge in [0.1, 0.15) is 0 Å². The van der Waals surface area contributed by atoms with E-state index in [4.69, 9.17) is 0 Å². The minimum Gasteiger partial charge on any atom is -0.357 e. The maximum Gasteiger partial charge on any atom is 0.251 e. The van der Waals surface area contributed by atoms with Gasteiger partial charge in [-0.1, -0.05) is 32.4 Å². The number of nitrogens with one attached hydrogen (secondary N) is 3. The lowest BCUT2D eigenvalue weighted by molar-refractivity contribution is 0.0953. The Labute approximate surface area is 146 Å². The van der Waals surface area contributed by atoms with Crippen LogP contribution in [0.1, 0.15) is 62.9 Å². The van der Waals surface area contributed by atoms with E-state index >= 15 is 0 Å². The molecule has 0 aromatic heterocycles. The van der Waals surface area contributed by atoms with Crippen molar-refractivity contribution in [2.75, 3.05) is 13.1 Å². The van der Waals surface area contributed by atoms with Gasteiger partial charge in [0.15, 0.2) is 5.96 Å². The maximum absolute atomic E-state index is 12.0. The van der Waals surface area contributed by atoms with E-state index in [9.17, 15) is 4.79 Å². The lowest BCUT2D eigenvalue weighted by Gasteiger charge is -2.16. The molecule has 0 spiro atoms. The van der Waals surface area contributed by atoms with E-state index in [2.05, 4.69) is 48.6 Å². The van der Waals surface area contributed by atoms with Gasteiger partial charge in [-0.25, -0.2) is 4.99 Å². The number of rotatable bonds is 9. The molecule has 0 aliphatic rings. The van der Waals surface area contributed by atoms with Crippen molar-refractivity contribution in [3.05, 3.63) is 35.4 Å². The van der Waals surface area contributed by atoms with Crippen LogP contribution in [-0.4, -0.2) is 31.0 Å². The quantitative estimate of drug-likeness (QED) is 0.370. The van der Waals surface area contributed by atoms with Crippen LogP contribution >= 0.6 is 0 Å². The first-order valence-electron chi connectivity index (χ1n) is 9.02. The fraction of sp³-hybridized carbons (Fsp3) is 0.579. The third-order valence-electron chi connectivity index (χ3n) is 3.79. The zero-order valence-electron chi connectivity index (χ0n) is 15.5. The van der Waals surface area contributed by atoms with E-state index in [-0.39, 0.29) is 5.91 Å². The summed E-state index contributed by atoms with van der Waals surface area (Å²) in [6.07, 6.45) is 3.14. The number of carbonyl (C=O) groups is 1. The standard InChI is InChI=1S/C19H32N4O/c1-5-8-13-21-18(24)17-11-9-16(10-12-17)14-22-19(20-7-3)23-15(4)6-2/h9-12,15H,5-8,13-14H2,1-4H3,(H,21,24)(H2,20,22,23). The van der Waals surface area contributed by atoms with Crippen molar-refractivity contribution in [2.45, 2.75) is 59.5 Å². The second kappa shape index (κ2) is 11.5. The Kier molecular flexibility index (Phi) is 9.58. The highest BCUT2D eigenvalue weighted by Gasteiger charge is 2.05. The number of carbonyl (C=O) groups excluding carboxylic acids is 1. The lowest BCUT2D eigenvalue weighted by Crippen LogP contribution is -2.41. The molecule has 1 atom stereocenters. The largest absolute Gasteiger partial charge is 0.357 e. The van der Waals surface area contributed by atoms with Crippen LogP contribution in [0, 0.1) is 0 Å². The number of unbranched alkanes of at least 4 members (excludes halogenated alkanes) is 1. The second-order valence-electron chi connectivity index (χ2n) is 5.96. The topological polar surface area (TPSA) is 65.5 Å². The van der Waals surface area contributed by atoms with E-state index in [0.29, 0.717) is 18.2 Å².